The Morgan fingerprint density at radius 1 is 1.29 bits per heavy atom. The molecule has 5 rings (SSSR count). The molecule has 1 aromatic carbocycles. The van der Waals surface area contributed by atoms with E-state index in [9.17, 15) is 4.39 Å². The zero-order chi connectivity index (χ0) is 21.4. The lowest BCUT2D eigenvalue weighted by atomic mass is 9.99. The number of hydrogen-bond acceptors (Lipinski definition) is 6. The molecule has 0 aliphatic carbocycles. The van der Waals surface area contributed by atoms with Crippen molar-refractivity contribution < 1.29 is 13.9 Å². The second-order valence-corrected chi connectivity index (χ2v) is 8.57. The van der Waals surface area contributed by atoms with Gasteiger partial charge in [0, 0.05) is 59.2 Å². The van der Waals surface area contributed by atoms with Crippen LogP contribution in [0.15, 0.2) is 42.0 Å². The van der Waals surface area contributed by atoms with E-state index in [0.29, 0.717) is 35.9 Å². The number of rotatable bonds is 7. The highest BCUT2D eigenvalue weighted by Gasteiger charge is 2.24. The van der Waals surface area contributed by atoms with Gasteiger partial charge in [-0.3, -0.25) is 4.68 Å². The van der Waals surface area contributed by atoms with E-state index < -0.39 is 0 Å². The highest BCUT2D eigenvalue weighted by Crippen LogP contribution is 2.45. The Bertz CT molecular complexity index is 1240. The monoisotopic (exact) mass is 458 g/mol. The topological polar surface area (TPSA) is 61.2 Å². The summed E-state index contributed by atoms with van der Waals surface area (Å²) in [6.45, 7) is 2.49. The van der Waals surface area contributed by atoms with Gasteiger partial charge in [0.05, 0.1) is 24.5 Å². The van der Waals surface area contributed by atoms with Gasteiger partial charge in [-0.1, -0.05) is 11.6 Å². The van der Waals surface area contributed by atoms with Crippen LogP contribution in [0.5, 0.6) is 5.75 Å². The maximum Gasteiger partial charge on any atom is 0.138 e. The van der Waals surface area contributed by atoms with Gasteiger partial charge in [0.2, 0.25) is 0 Å². The number of aromatic nitrogens is 3. The molecule has 1 fully saturated rings. The van der Waals surface area contributed by atoms with Crippen LogP contribution in [-0.4, -0.2) is 48.2 Å². The SMILES string of the molecule is COCCOc1cc(F)ccc1-c1c(-c2cnn(C3CNC3)c2)nc(Cl)c2ccsc12. The zero-order valence-electron chi connectivity index (χ0n) is 16.8. The molecular weight excluding hydrogens is 439 g/mol. The van der Waals surface area contributed by atoms with Gasteiger partial charge < -0.3 is 14.8 Å². The molecular formula is C22H20ClFN4O2S. The highest BCUT2D eigenvalue weighted by atomic mass is 35.5. The van der Waals surface area contributed by atoms with Crippen LogP contribution in [0.1, 0.15) is 6.04 Å². The summed E-state index contributed by atoms with van der Waals surface area (Å²) in [4.78, 5) is 4.73. The number of ether oxygens (including phenoxy) is 2. The van der Waals surface area contributed by atoms with Crippen LogP contribution in [0.4, 0.5) is 4.39 Å². The summed E-state index contributed by atoms with van der Waals surface area (Å²) < 4.78 is 28.0. The van der Waals surface area contributed by atoms with Crippen molar-refractivity contribution >= 4 is 33.0 Å². The fraction of sp³-hybridized carbons (Fsp3) is 0.273. The van der Waals surface area contributed by atoms with E-state index in [1.54, 1.807) is 30.7 Å². The van der Waals surface area contributed by atoms with E-state index in [-0.39, 0.29) is 5.82 Å². The minimum absolute atomic E-state index is 0.309. The first-order chi connectivity index (χ1) is 15.2. The normalized spacial score (nSPS) is 14.2. The van der Waals surface area contributed by atoms with Crippen LogP contribution in [-0.2, 0) is 4.74 Å². The standard InChI is InChI=1S/C22H20ClFN4O2S/c1-29-5-6-30-18-8-14(24)2-3-16(18)19-20(27-22(23)17-4-7-31-21(17)19)13-9-26-28(12-13)15-10-25-11-15/h2-4,7-9,12,15,25H,5-6,10-11H2,1H3. The Morgan fingerprint density at radius 3 is 2.94 bits per heavy atom. The zero-order valence-corrected chi connectivity index (χ0v) is 18.3. The molecule has 3 aromatic heterocycles. The Balaban J connectivity index is 1.69. The Labute approximate surface area is 187 Å². The number of hydrogen-bond donors (Lipinski definition) is 1. The molecule has 0 radical (unpaired) electrons. The van der Waals surface area contributed by atoms with Crippen molar-refractivity contribution in [3.05, 3.63) is 53.0 Å². The number of halogens is 2. The number of pyridine rings is 1. The first-order valence-corrected chi connectivity index (χ1v) is 11.1. The van der Waals surface area contributed by atoms with Crippen LogP contribution >= 0.6 is 22.9 Å². The van der Waals surface area contributed by atoms with E-state index in [2.05, 4.69) is 10.4 Å². The van der Waals surface area contributed by atoms with Crippen molar-refractivity contribution in [2.45, 2.75) is 6.04 Å². The number of nitrogens with one attached hydrogen (secondary N) is 1. The number of methoxy groups -OCH3 is 1. The molecule has 0 bridgehead atoms. The Kier molecular flexibility index (Phi) is 5.62. The molecule has 6 nitrogen and oxygen atoms in total. The summed E-state index contributed by atoms with van der Waals surface area (Å²) in [5.41, 5.74) is 3.16. The van der Waals surface area contributed by atoms with E-state index in [1.807, 2.05) is 22.3 Å². The molecule has 4 aromatic rings. The Morgan fingerprint density at radius 2 is 2.16 bits per heavy atom. The highest BCUT2D eigenvalue weighted by molar-refractivity contribution is 7.18. The smallest absolute Gasteiger partial charge is 0.138 e. The van der Waals surface area contributed by atoms with E-state index in [0.717, 1.165) is 39.9 Å². The fourth-order valence-corrected chi connectivity index (χ4v) is 4.88. The molecule has 1 N–H and O–H groups in total. The largest absolute Gasteiger partial charge is 0.490 e. The van der Waals surface area contributed by atoms with Gasteiger partial charge in [0.15, 0.2) is 0 Å². The minimum atomic E-state index is -0.368. The third-order valence-corrected chi connectivity index (χ3v) is 6.55. The van der Waals surface area contributed by atoms with Crippen molar-refractivity contribution in [3.8, 4) is 28.1 Å². The first-order valence-electron chi connectivity index (χ1n) is 9.89. The van der Waals surface area contributed by atoms with Gasteiger partial charge in [0.1, 0.15) is 23.3 Å². The second kappa shape index (κ2) is 8.55. The predicted octanol–water partition coefficient (Wildman–Crippen LogP) is 4.79. The lowest BCUT2D eigenvalue weighted by molar-refractivity contribution is 0.146. The second-order valence-electron chi connectivity index (χ2n) is 7.29. The molecule has 31 heavy (non-hydrogen) atoms. The summed E-state index contributed by atoms with van der Waals surface area (Å²) in [5.74, 6) is 0.0695. The van der Waals surface area contributed by atoms with Crippen molar-refractivity contribution in [2.75, 3.05) is 33.4 Å². The summed E-state index contributed by atoms with van der Waals surface area (Å²) in [6, 6.07) is 6.83. The van der Waals surface area contributed by atoms with Gasteiger partial charge >= 0.3 is 0 Å². The predicted molar refractivity (Wildman–Crippen MR) is 121 cm³/mol. The van der Waals surface area contributed by atoms with Crippen molar-refractivity contribution in [3.63, 3.8) is 0 Å². The molecule has 1 aliphatic rings. The maximum atomic E-state index is 14.1. The van der Waals surface area contributed by atoms with Gasteiger partial charge in [-0.2, -0.15) is 5.10 Å². The lowest BCUT2D eigenvalue weighted by Crippen LogP contribution is -2.43. The molecule has 4 heterocycles. The minimum Gasteiger partial charge on any atom is -0.490 e. The summed E-state index contributed by atoms with van der Waals surface area (Å²) >= 11 is 8.10. The molecule has 0 amide bonds. The Hall–Kier alpha value is -2.52. The molecule has 1 aliphatic heterocycles. The van der Waals surface area contributed by atoms with Crippen molar-refractivity contribution in [2.24, 2.45) is 0 Å². The number of fused-ring (bicyclic) bond motifs is 1. The molecule has 0 unspecified atom stereocenters. The quantitative estimate of drug-likeness (QED) is 0.319. The van der Waals surface area contributed by atoms with Crippen LogP contribution in [0.25, 0.3) is 32.5 Å². The van der Waals surface area contributed by atoms with Gasteiger partial charge in [-0.05, 0) is 23.6 Å². The van der Waals surface area contributed by atoms with E-state index in [1.165, 1.54) is 12.1 Å². The van der Waals surface area contributed by atoms with Gasteiger partial charge in [0.25, 0.3) is 0 Å². The summed E-state index contributed by atoms with van der Waals surface area (Å²) in [5, 5.41) is 11.0. The molecule has 9 heteroatoms. The average Bonchev–Trinajstić information content (AvgIpc) is 3.38. The number of benzene rings is 1. The molecule has 1 saturated heterocycles. The molecule has 0 saturated carbocycles. The van der Waals surface area contributed by atoms with E-state index in [4.69, 9.17) is 26.1 Å². The van der Waals surface area contributed by atoms with Crippen molar-refractivity contribution in [1.82, 2.24) is 20.1 Å². The van der Waals surface area contributed by atoms with Gasteiger partial charge in [-0.25, -0.2) is 9.37 Å². The average molecular weight is 459 g/mol. The van der Waals surface area contributed by atoms with Crippen LogP contribution in [0, 0.1) is 5.82 Å². The third-order valence-electron chi connectivity index (χ3n) is 5.33. The van der Waals surface area contributed by atoms with E-state index >= 15 is 0 Å². The maximum absolute atomic E-state index is 14.1. The fourth-order valence-electron chi connectivity index (χ4n) is 3.62. The number of thiophene rings is 1. The summed E-state index contributed by atoms with van der Waals surface area (Å²) in [7, 11) is 1.60. The third kappa shape index (κ3) is 3.80. The van der Waals surface area contributed by atoms with Crippen LogP contribution < -0.4 is 10.1 Å². The first kappa shape index (κ1) is 20.4. The van der Waals surface area contributed by atoms with Gasteiger partial charge in [-0.15, -0.1) is 11.3 Å². The summed E-state index contributed by atoms with van der Waals surface area (Å²) in [6.07, 6.45) is 3.79. The molecule has 160 valence electrons. The molecule has 0 atom stereocenters. The molecule has 0 spiro atoms. The van der Waals surface area contributed by atoms with Crippen molar-refractivity contribution in [1.29, 1.82) is 0 Å². The van der Waals surface area contributed by atoms with Crippen LogP contribution in [0.3, 0.4) is 0 Å². The number of nitrogens with zero attached hydrogens (tertiary/aromatic N) is 3. The van der Waals surface area contributed by atoms with Crippen LogP contribution in [0.2, 0.25) is 5.15 Å². The lowest BCUT2D eigenvalue weighted by Gasteiger charge is -2.27.